The molecule has 128 valence electrons. The maximum Gasteiger partial charge on any atom is 0.268 e. The van der Waals surface area contributed by atoms with Gasteiger partial charge in [0, 0.05) is 62.2 Å². The van der Waals surface area contributed by atoms with Crippen molar-refractivity contribution in [2.24, 2.45) is 0 Å². The monoisotopic (exact) mass is 566 g/mol. The fourth-order valence-corrected chi connectivity index (χ4v) is 3.14. The standard InChI is InChI=1S/C22H20N2O.U/c1-3-24-16-15-17(18-10-4-5-11-19(18)24)9-8-14-22-23(2)20-12-6-7-13-21(20)25-22;/h4-16H,2-3H2,1H3;/b14-8+,17-9-;. The minimum absolute atomic E-state index is 0. The molecule has 2 heterocycles. The molecule has 1 aromatic heterocycles. The van der Waals surface area contributed by atoms with Gasteiger partial charge in [0.1, 0.15) is 11.1 Å². The van der Waals surface area contributed by atoms with Crippen LogP contribution in [0.15, 0.2) is 77.4 Å². The Morgan fingerprint density at radius 3 is 2.69 bits per heavy atom. The zero-order chi connectivity index (χ0) is 17.2. The molecular weight excluding hydrogens is 546 g/mol. The predicted molar refractivity (Wildman–Crippen MR) is 103 cm³/mol. The summed E-state index contributed by atoms with van der Waals surface area (Å²) in [5.74, 6) is 0.723. The van der Waals surface area contributed by atoms with E-state index in [1.807, 2.05) is 41.0 Å². The van der Waals surface area contributed by atoms with Crippen LogP contribution in [-0.2, 0) is 0 Å². The van der Waals surface area contributed by atoms with Crippen LogP contribution in [0, 0.1) is 38.2 Å². The fraction of sp³-hybridized carbons (Fsp3) is 0.0909. The maximum absolute atomic E-state index is 5.85. The molecule has 3 nitrogen and oxygen atoms in total. The van der Waals surface area contributed by atoms with Crippen LogP contribution in [0.2, 0.25) is 0 Å². The molecule has 0 unspecified atom stereocenters. The number of allylic oxidation sites excluding steroid dienone is 4. The van der Waals surface area contributed by atoms with Crippen molar-refractivity contribution >= 4 is 28.4 Å². The second-order valence-corrected chi connectivity index (χ2v) is 5.94. The first kappa shape index (κ1) is 18.6. The summed E-state index contributed by atoms with van der Waals surface area (Å²) in [5.41, 5.74) is 5.48. The summed E-state index contributed by atoms with van der Waals surface area (Å²) in [6.45, 7) is 3.11. The largest absolute Gasteiger partial charge is 0.469 e. The normalized spacial score (nSPS) is 14.8. The SMILES string of the molecule is [CH2-][n+]1c(/C=C/C=C2/C=CN(CC)c3ccccc32)oc2ccccc21.[U]. The van der Waals surface area contributed by atoms with Crippen molar-refractivity contribution in [3.63, 3.8) is 0 Å². The van der Waals surface area contributed by atoms with E-state index in [2.05, 4.69) is 61.5 Å². The van der Waals surface area contributed by atoms with Crippen LogP contribution >= 0.6 is 0 Å². The molecule has 0 saturated heterocycles. The molecule has 0 saturated carbocycles. The van der Waals surface area contributed by atoms with E-state index < -0.39 is 0 Å². The molecule has 1 aliphatic rings. The molecule has 4 heteroatoms. The van der Waals surface area contributed by atoms with Crippen molar-refractivity contribution in [3.8, 4) is 0 Å². The summed E-state index contributed by atoms with van der Waals surface area (Å²) in [6.07, 6.45) is 10.3. The van der Waals surface area contributed by atoms with E-state index in [0.29, 0.717) is 0 Å². The molecule has 0 N–H and O–H groups in total. The third-order valence-electron chi connectivity index (χ3n) is 4.45. The van der Waals surface area contributed by atoms with Gasteiger partial charge in [0.2, 0.25) is 0 Å². The summed E-state index contributed by atoms with van der Waals surface area (Å²) in [5, 5.41) is 0. The van der Waals surface area contributed by atoms with Gasteiger partial charge < -0.3 is 9.32 Å². The van der Waals surface area contributed by atoms with E-state index in [1.165, 1.54) is 16.8 Å². The molecule has 0 bridgehead atoms. The Hall–Kier alpha value is -2.15. The molecule has 0 radical (unpaired) electrons. The van der Waals surface area contributed by atoms with Gasteiger partial charge in [-0.05, 0) is 42.8 Å². The minimum Gasteiger partial charge on any atom is -0.469 e. The number of hydrogen-bond acceptors (Lipinski definition) is 2. The maximum atomic E-state index is 5.85. The van der Waals surface area contributed by atoms with Crippen LogP contribution in [0.1, 0.15) is 18.4 Å². The van der Waals surface area contributed by atoms with Gasteiger partial charge in [-0.15, -0.1) is 0 Å². The van der Waals surface area contributed by atoms with E-state index in [0.717, 1.165) is 23.5 Å². The molecule has 0 fully saturated rings. The van der Waals surface area contributed by atoms with Gasteiger partial charge in [-0.2, -0.15) is 0 Å². The molecule has 0 amide bonds. The number of hydrogen-bond donors (Lipinski definition) is 0. The van der Waals surface area contributed by atoms with Crippen molar-refractivity contribution in [3.05, 3.63) is 91.5 Å². The summed E-state index contributed by atoms with van der Waals surface area (Å²) >= 11 is 0. The van der Waals surface area contributed by atoms with E-state index in [1.54, 1.807) is 0 Å². The number of rotatable bonds is 3. The number of anilines is 1. The molecule has 0 atom stereocenters. The topological polar surface area (TPSA) is 20.3 Å². The van der Waals surface area contributed by atoms with Crippen LogP contribution < -0.4 is 9.47 Å². The van der Waals surface area contributed by atoms with Gasteiger partial charge in [0.05, 0.1) is 0 Å². The predicted octanol–water partition coefficient (Wildman–Crippen LogP) is 4.81. The Labute approximate surface area is 177 Å². The third kappa shape index (κ3) is 3.40. The van der Waals surface area contributed by atoms with Crippen LogP contribution in [0.4, 0.5) is 5.69 Å². The smallest absolute Gasteiger partial charge is 0.268 e. The molecule has 0 aliphatic carbocycles. The number of aromatic nitrogens is 1. The van der Waals surface area contributed by atoms with Crippen LogP contribution in [0.25, 0.3) is 22.7 Å². The summed E-state index contributed by atoms with van der Waals surface area (Å²) in [7, 11) is 4.06. The van der Waals surface area contributed by atoms with Gasteiger partial charge >= 0.3 is 0 Å². The van der Waals surface area contributed by atoms with Crippen molar-refractivity contribution in [1.29, 1.82) is 0 Å². The van der Waals surface area contributed by atoms with Crippen LogP contribution in [-0.4, -0.2) is 6.54 Å². The zero-order valence-corrected chi connectivity index (χ0v) is 18.9. The second kappa shape index (κ2) is 8.03. The van der Waals surface area contributed by atoms with Crippen molar-refractivity contribution in [1.82, 2.24) is 0 Å². The first-order valence-corrected chi connectivity index (χ1v) is 8.45. The van der Waals surface area contributed by atoms with Gasteiger partial charge in [0.25, 0.3) is 5.89 Å². The summed E-state index contributed by atoms with van der Waals surface area (Å²) in [4.78, 5) is 2.25. The van der Waals surface area contributed by atoms with E-state index in [-0.39, 0.29) is 31.1 Å². The Balaban J connectivity index is 0.00000196. The number of para-hydroxylation sites is 3. The van der Waals surface area contributed by atoms with E-state index in [9.17, 15) is 0 Å². The number of oxazole rings is 1. The van der Waals surface area contributed by atoms with Crippen molar-refractivity contribution < 1.29 is 40.1 Å². The van der Waals surface area contributed by atoms with Gasteiger partial charge in [-0.3, -0.25) is 4.57 Å². The van der Waals surface area contributed by atoms with E-state index >= 15 is 0 Å². The Kier molecular flexibility index (Phi) is 5.76. The number of fused-ring (bicyclic) bond motifs is 2. The van der Waals surface area contributed by atoms with Crippen LogP contribution in [0.5, 0.6) is 0 Å². The average molecular weight is 566 g/mol. The molecule has 4 rings (SSSR count). The van der Waals surface area contributed by atoms with Gasteiger partial charge in [-0.25, -0.2) is 0 Å². The summed E-state index contributed by atoms with van der Waals surface area (Å²) < 4.78 is 7.66. The molecule has 26 heavy (non-hydrogen) atoms. The first-order chi connectivity index (χ1) is 12.3. The van der Waals surface area contributed by atoms with Crippen molar-refractivity contribution in [2.45, 2.75) is 6.92 Å². The van der Waals surface area contributed by atoms with Gasteiger partial charge in [0.15, 0.2) is 0 Å². The second-order valence-electron chi connectivity index (χ2n) is 5.94. The molecule has 0 spiro atoms. The average Bonchev–Trinajstić information content (AvgIpc) is 2.98. The number of benzene rings is 2. The Morgan fingerprint density at radius 1 is 1.12 bits per heavy atom. The Morgan fingerprint density at radius 2 is 1.88 bits per heavy atom. The van der Waals surface area contributed by atoms with E-state index in [4.69, 9.17) is 4.42 Å². The zero-order valence-electron chi connectivity index (χ0n) is 14.7. The molecular formula is C22H20N2OU. The quantitative estimate of drug-likeness (QED) is 0.335. The molecule has 2 aromatic carbocycles. The first-order valence-electron chi connectivity index (χ1n) is 8.45. The molecule has 1 aliphatic heterocycles. The van der Waals surface area contributed by atoms with Crippen LogP contribution in [0.3, 0.4) is 0 Å². The third-order valence-corrected chi connectivity index (χ3v) is 4.45. The summed E-state index contributed by atoms with van der Waals surface area (Å²) in [6, 6.07) is 16.4. The van der Waals surface area contributed by atoms with Gasteiger partial charge in [-0.1, -0.05) is 42.5 Å². The molecule has 3 aromatic rings. The fourth-order valence-electron chi connectivity index (χ4n) is 3.14. The Bertz CT molecular complexity index is 1010. The van der Waals surface area contributed by atoms with Crippen molar-refractivity contribution in [2.75, 3.05) is 11.4 Å². The minimum atomic E-state index is 0. The number of nitrogens with zero attached hydrogens (tertiary/aromatic N) is 2.